The third kappa shape index (κ3) is 2.74. The van der Waals surface area contributed by atoms with Crippen LogP contribution in [-0.4, -0.2) is 39.1 Å². The lowest BCUT2D eigenvalue weighted by atomic mass is 9.85. The Kier molecular flexibility index (Phi) is 3.84. The number of carboxylic acid groups (broad SMARTS) is 1. The molecule has 3 atom stereocenters. The third-order valence-corrected chi connectivity index (χ3v) is 5.27. The predicted octanol–water partition coefficient (Wildman–Crippen LogP) is 2.70. The first-order chi connectivity index (χ1) is 10.1. The van der Waals surface area contributed by atoms with E-state index in [1.54, 1.807) is 11.1 Å². The first-order valence-electron chi connectivity index (χ1n) is 7.31. The van der Waals surface area contributed by atoms with E-state index >= 15 is 0 Å². The molecule has 1 aliphatic carbocycles. The molecular weight excluding hydrogens is 290 g/mol. The molecule has 2 N–H and O–H groups in total. The molecule has 3 unspecified atom stereocenters. The predicted molar refractivity (Wildman–Crippen MR) is 79.5 cm³/mol. The summed E-state index contributed by atoms with van der Waals surface area (Å²) in [6.45, 7) is 1.92. The van der Waals surface area contributed by atoms with E-state index in [9.17, 15) is 14.7 Å². The maximum atomic E-state index is 12.5. The number of aliphatic carboxylic acids is 1. The van der Waals surface area contributed by atoms with Crippen LogP contribution in [0.15, 0.2) is 6.20 Å². The first-order valence-corrected chi connectivity index (χ1v) is 8.12. The molecule has 21 heavy (non-hydrogen) atoms. The summed E-state index contributed by atoms with van der Waals surface area (Å²) >= 11 is 1.40. The number of nitrogens with zero attached hydrogens (tertiary/aromatic N) is 2. The molecule has 1 aromatic heterocycles. The van der Waals surface area contributed by atoms with Gasteiger partial charge < -0.3 is 10.0 Å². The van der Waals surface area contributed by atoms with Gasteiger partial charge in [-0.15, -0.1) is 11.3 Å². The van der Waals surface area contributed by atoms with Gasteiger partial charge in [-0.25, -0.2) is 14.6 Å². The summed E-state index contributed by atoms with van der Waals surface area (Å²) in [5.74, 6) is -0.585. The highest BCUT2D eigenvalue weighted by Gasteiger charge is 2.47. The van der Waals surface area contributed by atoms with Crippen molar-refractivity contribution < 1.29 is 14.7 Å². The molecule has 1 saturated carbocycles. The molecule has 1 aromatic rings. The summed E-state index contributed by atoms with van der Waals surface area (Å²) in [7, 11) is 0. The molecular formula is C14H19N3O3S. The lowest BCUT2D eigenvalue weighted by molar-refractivity contribution is -0.141. The number of aryl methyl sites for hydroxylation is 1. The van der Waals surface area contributed by atoms with E-state index in [2.05, 4.69) is 10.3 Å². The number of fused-ring (bicyclic) bond motifs is 1. The molecule has 2 amide bonds. The zero-order valence-corrected chi connectivity index (χ0v) is 12.7. The van der Waals surface area contributed by atoms with Crippen LogP contribution < -0.4 is 5.32 Å². The Morgan fingerprint density at radius 3 is 2.86 bits per heavy atom. The fourth-order valence-corrected chi connectivity index (χ4v) is 4.20. The first kappa shape index (κ1) is 14.3. The van der Waals surface area contributed by atoms with Crippen molar-refractivity contribution in [3.8, 4) is 0 Å². The molecule has 6 nitrogen and oxygen atoms in total. The standard InChI is InChI=1S/C14H19N3O3S/c1-8-7-15-13(21-8)16-14(20)17-10-5-3-2-4-9(10)6-11(17)12(18)19/h7,9-11H,2-6H2,1H3,(H,18,19)(H,15,16,20). The average molecular weight is 309 g/mol. The van der Waals surface area contributed by atoms with Crippen molar-refractivity contribution in [3.63, 3.8) is 0 Å². The van der Waals surface area contributed by atoms with Crippen LogP contribution in [0, 0.1) is 12.8 Å². The van der Waals surface area contributed by atoms with Gasteiger partial charge in [-0.2, -0.15) is 0 Å². The highest BCUT2D eigenvalue weighted by molar-refractivity contribution is 7.15. The van der Waals surface area contributed by atoms with E-state index in [4.69, 9.17) is 0 Å². The highest BCUT2D eigenvalue weighted by Crippen LogP contribution is 2.40. The fraction of sp³-hybridized carbons (Fsp3) is 0.643. The van der Waals surface area contributed by atoms with E-state index in [1.165, 1.54) is 11.3 Å². The Labute approximate surface area is 127 Å². The van der Waals surface area contributed by atoms with E-state index in [-0.39, 0.29) is 12.1 Å². The monoisotopic (exact) mass is 309 g/mol. The topological polar surface area (TPSA) is 82.5 Å². The van der Waals surface area contributed by atoms with Gasteiger partial charge in [-0.05, 0) is 32.1 Å². The highest BCUT2D eigenvalue weighted by atomic mass is 32.1. The van der Waals surface area contributed by atoms with Crippen molar-refractivity contribution in [2.75, 3.05) is 5.32 Å². The van der Waals surface area contributed by atoms with Crippen LogP contribution in [0.1, 0.15) is 37.0 Å². The molecule has 2 aliphatic rings. The average Bonchev–Trinajstić information content (AvgIpc) is 3.02. The van der Waals surface area contributed by atoms with E-state index in [1.807, 2.05) is 6.92 Å². The Hall–Kier alpha value is -1.63. The lowest BCUT2D eigenvalue weighted by Crippen LogP contribution is -2.48. The Balaban J connectivity index is 1.79. The normalized spacial score (nSPS) is 28.2. The molecule has 0 aromatic carbocycles. The molecule has 114 valence electrons. The molecule has 0 bridgehead atoms. The summed E-state index contributed by atoms with van der Waals surface area (Å²) in [6, 6.07) is -0.980. The molecule has 0 spiro atoms. The van der Waals surface area contributed by atoms with Crippen molar-refractivity contribution in [2.45, 2.75) is 51.1 Å². The summed E-state index contributed by atoms with van der Waals surface area (Å²) < 4.78 is 0. The van der Waals surface area contributed by atoms with E-state index in [0.29, 0.717) is 17.5 Å². The number of aromatic nitrogens is 1. The van der Waals surface area contributed by atoms with Crippen LogP contribution in [0.4, 0.5) is 9.93 Å². The van der Waals surface area contributed by atoms with E-state index < -0.39 is 12.0 Å². The minimum Gasteiger partial charge on any atom is -0.480 e. The lowest BCUT2D eigenvalue weighted by Gasteiger charge is -2.32. The van der Waals surface area contributed by atoms with Gasteiger partial charge in [0.05, 0.1) is 0 Å². The second-order valence-corrected chi connectivity index (χ2v) is 7.05. The summed E-state index contributed by atoms with van der Waals surface area (Å²) in [6.07, 6.45) is 6.39. The van der Waals surface area contributed by atoms with Crippen molar-refractivity contribution in [2.24, 2.45) is 5.92 Å². The summed E-state index contributed by atoms with van der Waals surface area (Å²) in [5.41, 5.74) is 0. The maximum Gasteiger partial charge on any atom is 0.326 e. The van der Waals surface area contributed by atoms with Gasteiger partial charge in [0.15, 0.2) is 5.13 Å². The quantitative estimate of drug-likeness (QED) is 0.880. The smallest absolute Gasteiger partial charge is 0.326 e. The fourth-order valence-electron chi connectivity index (χ4n) is 3.54. The van der Waals surface area contributed by atoms with Crippen LogP contribution in [0.2, 0.25) is 0 Å². The van der Waals surface area contributed by atoms with Crippen LogP contribution >= 0.6 is 11.3 Å². The largest absolute Gasteiger partial charge is 0.480 e. The van der Waals surface area contributed by atoms with Crippen molar-refractivity contribution in [3.05, 3.63) is 11.1 Å². The third-order valence-electron chi connectivity index (χ3n) is 4.44. The number of anilines is 1. The van der Waals surface area contributed by atoms with Gasteiger partial charge in [0.1, 0.15) is 6.04 Å². The molecule has 2 fully saturated rings. The van der Waals surface area contributed by atoms with Crippen molar-refractivity contribution >= 4 is 28.5 Å². The Morgan fingerprint density at radius 1 is 1.43 bits per heavy atom. The number of amides is 2. The number of rotatable bonds is 2. The van der Waals surface area contributed by atoms with Gasteiger partial charge in [0.2, 0.25) is 0 Å². The maximum absolute atomic E-state index is 12.5. The summed E-state index contributed by atoms with van der Waals surface area (Å²) in [4.78, 5) is 30.7. The Morgan fingerprint density at radius 2 is 2.19 bits per heavy atom. The number of carbonyl (C=O) groups is 2. The minimum atomic E-state index is -0.908. The van der Waals surface area contributed by atoms with Gasteiger partial charge in [-0.1, -0.05) is 12.8 Å². The molecule has 1 aliphatic heterocycles. The minimum absolute atomic E-state index is 0.0564. The molecule has 1 saturated heterocycles. The Bertz CT molecular complexity index is 559. The molecule has 0 radical (unpaired) electrons. The van der Waals surface area contributed by atoms with E-state index in [0.717, 1.165) is 30.6 Å². The second-order valence-electron chi connectivity index (χ2n) is 5.82. The van der Waals surface area contributed by atoms with Gasteiger partial charge in [-0.3, -0.25) is 5.32 Å². The van der Waals surface area contributed by atoms with Crippen LogP contribution in [-0.2, 0) is 4.79 Å². The number of likely N-dealkylation sites (tertiary alicyclic amines) is 1. The molecule has 2 heterocycles. The van der Waals surface area contributed by atoms with Crippen LogP contribution in [0.3, 0.4) is 0 Å². The molecule has 3 rings (SSSR count). The SMILES string of the molecule is Cc1cnc(NC(=O)N2C(C(=O)O)CC3CCCCC32)s1. The number of carboxylic acids is 1. The van der Waals surface area contributed by atoms with Crippen molar-refractivity contribution in [1.82, 2.24) is 9.88 Å². The number of hydrogen-bond donors (Lipinski definition) is 2. The number of carbonyl (C=O) groups excluding carboxylic acids is 1. The zero-order valence-electron chi connectivity index (χ0n) is 11.9. The second kappa shape index (κ2) is 5.63. The van der Waals surface area contributed by atoms with Gasteiger partial charge in [0.25, 0.3) is 0 Å². The summed E-state index contributed by atoms with van der Waals surface area (Å²) in [5, 5.41) is 12.7. The number of thiazole rings is 1. The van der Waals surface area contributed by atoms with Gasteiger partial charge >= 0.3 is 12.0 Å². The van der Waals surface area contributed by atoms with Crippen molar-refractivity contribution in [1.29, 1.82) is 0 Å². The number of nitrogens with one attached hydrogen (secondary N) is 1. The van der Waals surface area contributed by atoms with Crippen LogP contribution in [0.25, 0.3) is 0 Å². The molecule has 7 heteroatoms. The zero-order chi connectivity index (χ0) is 15.0. The van der Waals surface area contributed by atoms with Gasteiger partial charge in [0, 0.05) is 17.1 Å². The van der Waals surface area contributed by atoms with Crippen LogP contribution in [0.5, 0.6) is 0 Å². The number of hydrogen-bond acceptors (Lipinski definition) is 4. The number of urea groups is 1.